The molecule has 3 rings (SSSR count). The molecule has 0 amide bonds. The fourth-order valence-corrected chi connectivity index (χ4v) is 2.37. The van der Waals surface area contributed by atoms with Crippen LogP contribution in [0.1, 0.15) is 5.56 Å². The third-order valence-corrected chi connectivity index (χ3v) is 3.39. The predicted octanol–water partition coefficient (Wildman–Crippen LogP) is 0.753. The molecule has 0 aliphatic rings. The molecule has 0 saturated carbocycles. The fraction of sp³-hybridized carbons (Fsp3) is 0.0909. The van der Waals surface area contributed by atoms with Crippen LogP contribution in [0.2, 0.25) is 0 Å². The topological polar surface area (TPSA) is 88.6 Å². The number of H-pyrrole nitrogens is 3. The third kappa shape index (κ3) is 2.12. The summed E-state index contributed by atoms with van der Waals surface area (Å²) in [6.45, 7) is 0. The van der Waals surface area contributed by atoms with Gasteiger partial charge in [-0.15, -0.1) is 0 Å². The molecule has 0 saturated heterocycles. The maximum absolute atomic E-state index is 11.7. The lowest BCUT2D eigenvalue weighted by Gasteiger charge is -1.99. The molecule has 0 spiro atoms. The van der Waals surface area contributed by atoms with Crippen molar-refractivity contribution in [3.8, 4) is 0 Å². The normalized spacial score (nSPS) is 10.9. The van der Waals surface area contributed by atoms with Crippen molar-refractivity contribution in [2.24, 2.45) is 0 Å². The van der Waals surface area contributed by atoms with Gasteiger partial charge in [-0.1, -0.05) is 11.8 Å². The Hall–Kier alpha value is -2.15. The van der Waals surface area contributed by atoms with Gasteiger partial charge in [0.25, 0.3) is 5.56 Å². The van der Waals surface area contributed by atoms with Crippen molar-refractivity contribution in [2.75, 3.05) is 0 Å². The maximum atomic E-state index is 11.7. The van der Waals surface area contributed by atoms with Gasteiger partial charge in [0, 0.05) is 17.4 Å². The van der Waals surface area contributed by atoms with E-state index < -0.39 is 0 Å². The van der Waals surface area contributed by atoms with Crippen LogP contribution < -0.4 is 10.5 Å². The van der Waals surface area contributed by atoms with E-state index >= 15 is 0 Å². The Bertz CT molecular complexity index is 721. The van der Waals surface area contributed by atoms with Crippen molar-refractivity contribution in [3.63, 3.8) is 0 Å². The van der Waals surface area contributed by atoms with Crippen LogP contribution in [-0.4, -0.2) is 20.2 Å². The average molecular weight is 260 g/mol. The van der Waals surface area contributed by atoms with Crippen molar-refractivity contribution < 1.29 is 4.98 Å². The second-order valence-electron chi connectivity index (χ2n) is 3.70. The molecule has 0 aromatic carbocycles. The van der Waals surface area contributed by atoms with E-state index in [0.29, 0.717) is 16.2 Å². The van der Waals surface area contributed by atoms with E-state index in [1.54, 1.807) is 0 Å². The second-order valence-corrected chi connectivity index (χ2v) is 4.67. The summed E-state index contributed by atoms with van der Waals surface area (Å²) in [5.41, 5.74) is 1.48. The van der Waals surface area contributed by atoms with Crippen LogP contribution in [-0.2, 0) is 5.75 Å². The van der Waals surface area contributed by atoms with E-state index in [2.05, 4.69) is 25.1 Å². The summed E-state index contributed by atoms with van der Waals surface area (Å²) in [6, 6.07) is 3.94. The molecular formula is C11H10N5OS+. The smallest absolute Gasteiger partial charge is 0.262 e. The molecule has 3 aromatic rings. The Labute approximate surface area is 106 Å². The molecule has 18 heavy (non-hydrogen) atoms. The van der Waals surface area contributed by atoms with E-state index in [1.807, 2.05) is 24.5 Å². The highest BCUT2D eigenvalue weighted by atomic mass is 32.2. The van der Waals surface area contributed by atoms with Crippen molar-refractivity contribution in [1.82, 2.24) is 20.2 Å². The van der Waals surface area contributed by atoms with Gasteiger partial charge in [-0.2, -0.15) is 5.10 Å². The Balaban J connectivity index is 1.85. The highest BCUT2D eigenvalue weighted by Crippen LogP contribution is 2.18. The van der Waals surface area contributed by atoms with Crippen LogP contribution in [0.4, 0.5) is 0 Å². The van der Waals surface area contributed by atoms with Gasteiger partial charge in [0.2, 0.25) is 0 Å². The largest absolute Gasteiger partial charge is 0.301 e. The molecule has 3 N–H and O–H groups in total. The quantitative estimate of drug-likeness (QED) is 0.537. The summed E-state index contributed by atoms with van der Waals surface area (Å²) in [7, 11) is 0. The number of hydrogen-bond donors (Lipinski definition) is 2. The summed E-state index contributed by atoms with van der Waals surface area (Å²) in [5, 5.41) is 7.56. The zero-order valence-electron chi connectivity index (χ0n) is 9.30. The molecule has 0 aliphatic heterocycles. The minimum atomic E-state index is -0.170. The molecule has 3 aromatic heterocycles. The van der Waals surface area contributed by atoms with E-state index in [4.69, 9.17) is 0 Å². The Morgan fingerprint density at radius 2 is 2.39 bits per heavy atom. The van der Waals surface area contributed by atoms with Gasteiger partial charge in [-0.3, -0.25) is 9.89 Å². The lowest BCUT2D eigenvalue weighted by Crippen LogP contribution is -2.08. The number of rotatable bonds is 3. The van der Waals surface area contributed by atoms with Gasteiger partial charge in [0.05, 0.1) is 6.20 Å². The molecule has 0 fully saturated rings. The summed E-state index contributed by atoms with van der Waals surface area (Å²) in [5.74, 6) is 0.736. The van der Waals surface area contributed by atoms with Gasteiger partial charge in [-0.05, 0) is 6.07 Å². The van der Waals surface area contributed by atoms with Gasteiger partial charge in [0.1, 0.15) is 5.39 Å². The van der Waals surface area contributed by atoms with Crippen LogP contribution in [0, 0.1) is 0 Å². The summed E-state index contributed by atoms with van der Waals surface area (Å²) >= 11 is 1.47. The van der Waals surface area contributed by atoms with E-state index in [0.717, 1.165) is 11.3 Å². The third-order valence-electron chi connectivity index (χ3n) is 2.44. The lowest BCUT2D eigenvalue weighted by atomic mass is 10.3. The Kier molecular flexibility index (Phi) is 2.81. The van der Waals surface area contributed by atoms with Gasteiger partial charge >= 0.3 is 0 Å². The number of hydrogen-bond acceptors (Lipinski definition) is 4. The molecule has 7 heteroatoms. The highest BCUT2D eigenvalue weighted by molar-refractivity contribution is 7.98. The molecular weight excluding hydrogens is 250 g/mol. The summed E-state index contributed by atoms with van der Waals surface area (Å²) in [6.07, 6.45) is 5.24. The number of aromatic nitrogens is 5. The second kappa shape index (κ2) is 4.61. The molecule has 0 bridgehead atoms. The van der Waals surface area contributed by atoms with E-state index in [-0.39, 0.29) is 5.56 Å². The van der Waals surface area contributed by atoms with Crippen LogP contribution in [0.25, 0.3) is 11.0 Å². The van der Waals surface area contributed by atoms with Crippen LogP contribution >= 0.6 is 11.8 Å². The standard InChI is InChI=1S/C11H9N5OS/c17-10-8-5-13-16-9(8)14-11(15-10)18-6-7-2-1-3-12-4-7/h1-5H,6H2,(H2,13,14,15,16,17)/p+1. The number of nitrogens with zero attached hydrogens (tertiary/aromatic N) is 2. The SMILES string of the molecule is O=c1[nH]c(SCc2ccc[nH+]c2)nc2[nH]ncc12. The number of fused-ring (bicyclic) bond motifs is 1. The lowest BCUT2D eigenvalue weighted by molar-refractivity contribution is -0.378. The number of aromatic amines is 3. The minimum Gasteiger partial charge on any atom is -0.301 e. The Morgan fingerprint density at radius 1 is 1.44 bits per heavy atom. The predicted molar refractivity (Wildman–Crippen MR) is 67.1 cm³/mol. The summed E-state index contributed by atoms with van der Waals surface area (Å²) < 4.78 is 0. The van der Waals surface area contributed by atoms with Crippen LogP contribution in [0.15, 0.2) is 40.7 Å². The van der Waals surface area contributed by atoms with E-state index in [9.17, 15) is 4.79 Å². The van der Waals surface area contributed by atoms with Crippen LogP contribution in [0.3, 0.4) is 0 Å². The number of pyridine rings is 1. The van der Waals surface area contributed by atoms with Crippen molar-refractivity contribution >= 4 is 22.8 Å². The molecule has 90 valence electrons. The van der Waals surface area contributed by atoms with Gasteiger partial charge in [0.15, 0.2) is 23.2 Å². The van der Waals surface area contributed by atoms with Crippen LogP contribution in [0.5, 0.6) is 0 Å². The maximum Gasteiger partial charge on any atom is 0.262 e. The number of nitrogens with one attached hydrogen (secondary N) is 3. The zero-order valence-corrected chi connectivity index (χ0v) is 10.1. The average Bonchev–Trinajstić information content (AvgIpc) is 2.86. The minimum absolute atomic E-state index is 0.170. The first kappa shape index (κ1) is 11.0. The molecule has 0 radical (unpaired) electrons. The number of thioether (sulfide) groups is 1. The van der Waals surface area contributed by atoms with Crippen molar-refractivity contribution in [2.45, 2.75) is 10.9 Å². The van der Waals surface area contributed by atoms with Crippen molar-refractivity contribution in [3.05, 3.63) is 46.6 Å². The zero-order chi connectivity index (χ0) is 12.4. The summed E-state index contributed by atoms with van der Waals surface area (Å²) in [4.78, 5) is 21.7. The fourth-order valence-electron chi connectivity index (χ4n) is 1.57. The van der Waals surface area contributed by atoms with Crippen molar-refractivity contribution in [1.29, 1.82) is 0 Å². The van der Waals surface area contributed by atoms with E-state index in [1.165, 1.54) is 18.0 Å². The first-order valence-corrected chi connectivity index (χ1v) is 6.33. The molecule has 0 aliphatic carbocycles. The first-order chi connectivity index (χ1) is 8.83. The molecule has 6 nitrogen and oxygen atoms in total. The highest BCUT2D eigenvalue weighted by Gasteiger charge is 2.06. The molecule has 0 unspecified atom stereocenters. The first-order valence-electron chi connectivity index (χ1n) is 5.34. The van der Waals surface area contributed by atoms with Gasteiger partial charge < -0.3 is 4.98 Å². The Morgan fingerprint density at radius 3 is 3.22 bits per heavy atom. The van der Waals surface area contributed by atoms with Gasteiger partial charge in [-0.25, -0.2) is 9.97 Å². The molecule has 3 heterocycles. The monoisotopic (exact) mass is 260 g/mol. The molecule has 0 atom stereocenters.